The molecule has 0 spiro atoms. The molecule has 4 aromatic carbocycles. The molecule has 0 saturated heterocycles. The minimum absolute atomic E-state index is 0.212. The molecule has 0 unspecified atom stereocenters. The smallest absolute Gasteiger partial charge is 0.267 e. The monoisotopic (exact) mass is 366 g/mol. The topological polar surface area (TPSA) is 41.5 Å². The highest BCUT2D eigenvalue weighted by Crippen LogP contribution is 2.27. The predicted octanol–water partition coefficient (Wildman–Crippen LogP) is 5.88. The summed E-state index contributed by atoms with van der Waals surface area (Å²) in [6.07, 6.45) is 1.74. The molecule has 28 heavy (non-hydrogen) atoms. The molecule has 4 rings (SSSR count). The zero-order valence-corrected chi connectivity index (χ0v) is 16.0. The average molecular weight is 366 g/mol. The Labute approximate surface area is 164 Å². The zero-order chi connectivity index (χ0) is 19.5. The molecule has 138 valence electrons. The number of hydrogen-bond acceptors (Lipinski definition) is 2. The maximum absolute atomic E-state index is 12.4. The number of hydrazone groups is 1. The third-order valence-electron chi connectivity index (χ3n) is 5.01. The van der Waals surface area contributed by atoms with Gasteiger partial charge in [0.2, 0.25) is 0 Å². The second-order valence-corrected chi connectivity index (χ2v) is 7.21. The van der Waals surface area contributed by atoms with E-state index < -0.39 is 0 Å². The van der Waals surface area contributed by atoms with Gasteiger partial charge < -0.3 is 0 Å². The highest BCUT2D eigenvalue weighted by Gasteiger charge is 2.07. The van der Waals surface area contributed by atoms with Crippen LogP contribution < -0.4 is 5.43 Å². The van der Waals surface area contributed by atoms with E-state index in [1.807, 2.05) is 48.5 Å². The van der Waals surface area contributed by atoms with Crippen molar-refractivity contribution in [3.05, 3.63) is 95.6 Å². The first-order chi connectivity index (χ1) is 13.6. The van der Waals surface area contributed by atoms with Gasteiger partial charge in [0.1, 0.15) is 0 Å². The first-order valence-electron chi connectivity index (χ1n) is 9.47. The number of nitrogens with one attached hydrogen (secondary N) is 1. The van der Waals surface area contributed by atoms with E-state index in [0.29, 0.717) is 11.5 Å². The molecule has 1 N–H and O–H groups in total. The van der Waals surface area contributed by atoms with Crippen LogP contribution in [-0.2, 0) is 0 Å². The van der Waals surface area contributed by atoms with E-state index in [1.165, 1.54) is 5.56 Å². The van der Waals surface area contributed by atoms with Crippen LogP contribution in [0.5, 0.6) is 0 Å². The molecule has 0 radical (unpaired) electrons. The summed E-state index contributed by atoms with van der Waals surface area (Å²) in [5, 5.41) is 8.78. The van der Waals surface area contributed by atoms with Crippen LogP contribution in [0.2, 0.25) is 0 Å². The van der Waals surface area contributed by atoms with Crippen molar-refractivity contribution in [2.75, 3.05) is 0 Å². The van der Waals surface area contributed by atoms with Crippen LogP contribution >= 0.6 is 0 Å². The van der Waals surface area contributed by atoms with Gasteiger partial charge in [0.15, 0.2) is 0 Å². The van der Waals surface area contributed by atoms with E-state index in [-0.39, 0.29) is 5.91 Å². The number of amides is 1. The van der Waals surface area contributed by atoms with Gasteiger partial charge in [-0.2, -0.15) is 5.10 Å². The van der Waals surface area contributed by atoms with E-state index in [1.54, 1.807) is 6.21 Å². The summed E-state index contributed by atoms with van der Waals surface area (Å²) in [6.45, 7) is 4.27. The molecule has 1 amide bonds. The van der Waals surface area contributed by atoms with Crippen molar-refractivity contribution in [2.45, 2.75) is 19.8 Å². The van der Waals surface area contributed by atoms with Crippen LogP contribution in [0.3, 0.4) is 0 Å². The van der Waals surface area contributed by atoms with Gasteiger partial charge in [-0.3, -0.25) is 4.79 Å². The minimum atomic E-state index is -0.212. The number of benzene rings is 4. The lowest BCUT2D eigenvalue weighted by Crippen LogP contribution is -2.17. The average Bonchev–Trinajstić information content (AvgIpc) is 2.73. The lowest BCUT2D eigenvalue weighted by Gasteiger charge is -2.08. The Morgan fingerprint density at radius 1 is 0.857 bits per heavy atom. The van der Waals surface area contributed by atoms with Gasteiger partial charge >= 0.3 is 0 Å². The standard InChI is InChI=1S/C25H22N2O/c1-17(2)18-11-13-19(14-12-18)25(28)27-26-16-24-22-9-5-3-7-20(22)15-21-8-4-6-10-23(21)24/h3-17H,1-2H3,(H,27,28)/b26-16+. The summed E-state index contributed by atoms with van der Waals surface area (Å²) in [7, 11) is 0. The van der Waals surface area contributed by atoms with Crippen molar-refractivity contribution in [1.82, 2.24) is 5.43 Å². The first kappa shape index (κ1) is 17.9. The van der Waals surface area contributed by atoms with Crippen molar-refractivity contribution in [2.24, 2.45) is 5.10 Å². The summed E-state index contributed by atoms with van der Waals surface area (Å²) in [4.78, 5) is 12.4. The van der Waals surface area contributed by atoms with Crippen LogP contribution in [0.4, 0.5) is 0 Å². The van der Waals surface area contributed by atoms with Gasteiger partial charge in [0, 0.05) is 11.1 Å². The van der Waals surface area contributed by atoms with Gasteiger partial charge in [0.05, 0.1) is 6.21 Å². The molecule has 0 bridgehead atoms. The number of carbonyl (C=O) groups excluding carboxylic acids is 1. The minimum Gasteiger partial charge on any atom is -0.267 e. The Morgan fingerprint density at radius 3 is 2.00 bits per heavy atom. The van der Waals surface area contributed by atoms with Crippen molar-refractivity contribution in [3.8, 4) is 0 Å². The van der Waals surface area contributed by atoms with Crippen LogP contribution in [0.25, 0.3) is 21.5 Å². The van der Waals surface area contributed by atoms with E-state index in [9.17, 15) is 4.79 Å². The third kappa shape index (κ3) is 3.52. The van der Waals surface area contributed by atoms with Crippen LogP contribution in [0.1, 0.15) is 41.3 Å². The molecule has 0 atom stereocenters. The van der Waals surface area contributed by atoms with Crippen molar-refractivity contribution in [1.29, 1.82) is 0 Å². The fourth-order valence-corrected chi connectivity index (χ4v) is 3.43. The summed E-state index contributed by atoms with van der Waals surface area (Å²) in [5.74, 6) is 0.228. The second kappa shape index (κ2) is 7.65. The summed E-state index contributed by atoms with van der Waals surface area (Å²) < 4.78 is 0. The van der Waals surface area contributed by atoms with E-state index >= 15 is 0 Å². The Morgan fingerprint density at radius 2 is 1.43 bits per heavy atom. The Hall–Kier alpha value is -3.46. The van der Waals surface area contributed by atoms with Gasteiger partial charge in [0.25, 0.3) is 5.91 Å². The predicted molar refractivity (Wildman–Crippen MR) is 117 cm³/mol. The van der Waals surface area contributed by atoms with Gasteiger partial charge in [-0.1, -0.05) is 74.5 Å². The Balaban J connectivity index is 1.63. The molecule has 0 aliphatic carbocycles. The Bertz CT molecular complexity index is 1120. The summed E-state index contributed by atoms with van der Waals surface area (Å²) >= 11 is 0. The molecule has 3 nitrogen and oxygen atoms in total. The maximum Gasteiger partial charge on any atom is 0.271 e. The molecular formula is C25H22N2O. The van der Waals surface area contributed by atoms with Crippen LogP contribution in [-0.4, -0.2) is 12.1 Å². The molecule has 0 saturated carbocycles. The second-order valence-electron chi connectivity index (χ2n) is 7.21. The number of hydrogen-bond donors (Lipinski definition) is 1. The molecule has 3 heteroatoms. The molecule has 0 aliphatic rings. The Kier molecular flexibility index (Phi) is 4.90. The van der Waals surface area contributed by atoms with E-state index in [0.717, 1.165) is 27.1 Å². The molecule has 0 aliphatic heterocycles. The normalized spacial score (nSPS) is 11.5. The van der Waals surface area contributed by atoms with E-state index in [4.69, 9.17) is 0 Å². The summed E-state index contributed by atoms with van der Waals surface area (Å²) in [6, 6.07) is 26.3. The SMILES string of the molecule is CC(C)c1ccc(C(=O)N/N=C/c2c3ccccc3cc3ccccc23)cc1. The third-order valence-corrected chi connectivity index (χ3v) is 5.01. The molecule has 0 fully saturated rings. The zero-order valence-electron chi connectivity index (χ0n) is 16.0. The lowest BCUT2D eigenvalue weighted by atomic mass is 9.97. The number of rotatable bonds is 4. The quantitative estimate of drug-likeness (QED) is 0.273. The van der Waals surface area contributed by atoms with Crippen molar-refractivity contribution in [3.63, 3.8) is 0 Å². The maximum atomic E-state index is 12.4. The number of carbonyl (C=O) groups is 1. The van der Waals surface area contributed by atoms with E-state index in [2.05, 4.69) is 54.7 Å². The highest BCUT2D eigenvalue weighted by atomic mass is 16.2. The molecule has 0 aromatic heterocycles. The first-order valence-corrected chi connectivity index (χ1v) is 9.47. The number of fused-ring (bicyclic) bond motifs is 2. The largest absolute Gasteiger partial charge is 0.271 e. The number of nitrogens with zero attached hydrogens (tertiary/aromatic N) is 1. The molecule has 0 heterocycles. The fourth-order valence-electron chi connectivity index (χ4n) is 3.43. The molecule has 4 aromatic rings. The fraction of sp³-hybridized carbons (Fsp3) is 0.120. The van der Waals surface area contributed by atoms with Gasteiger partial charge in [-0.15, -0.1) is 0 Å². The molecular weight excluding hydrogens is 344 g/mol. The van der Waals surface area contributed by atoms with Crippen LogP contribution in [0.15, 0.2) is 84.0 Å². The van der Waals surface area contributed by atoms with Crippen molar-refractivity contribution >= 4 is 33.7 Å². The summed E-state index contributed by atoms with van der Waals surface area (Å²) in [5.41, 5.74) is 5.47. The van der Waals surface area contributed by atoms with Crippen molar-refractivity contribution < 1.29 is 4.79 Å². The van der Waals surface area contributed by atoms with Gasteiger partial charge in [-0.05, 0) is 51.2 Å². The highest BCUT2D eigenvalue weighted by molar-refractivity contribution is 6.13. The van der Waals surface area contributed by atoms with Crippen LogP contribution in [0, 0.1) is 0 Å². The lowest BCUT2D eigenvalue weighted by molar-refractivity contribution is 0.0955. The van der Waals surface area contributed by atoms with Gasteiger partial charge in [-0.25, -0.2) is 5.43 Å².